The molecule has 1 fully saturated rings. The Kier molecular flexibility index (Phi) is 7.51. The van der Waals surface area contributed by atoms with Gasteiger partial charge in [-0.2, -0.15) is 0 Å². The molecule has 2 rings (SSSR count). The highest BCUT2D eigenvalue weighted by Crippen LogP contribution is 2.21. The summed E-state index contributed by atoms with van der Waals surface area (Å²) in [4.78, 5) is 26.0. The fourth-order valence-corrected chi connectivity index (χ4v) is 3.27. The molecule has 1 aliphatic rings. The summed E-state index contributed by atoms with van der Waals surface area (Å²) in [5, 5.41) is 12.7. The molecule has 0 spiro atoms. The van der Waals surface area contributed by atoms with Crippen LogP contribution in [0.3, 0.4) is 0 Å². The quantitative estimate of drug-likeness (QED) is 0.797. The Labute approximate surface area is 161 Å². The molecule has 1 saturated heterocycles. The molecule has 1 aromatic rings. The largest absolute Gasteiger partial charge is 0.508 e. The van der Waals surface area contributed by atoms with E-state index in [1.54, 1.807) is 17.0 Å². The Morgan fingerprint density at radius 2 is 2.04 bits per heavy atom. The molecule has 2 amide bonds. The highest BCUT2D eigenvalue weighted by atomic mass is 16.6. The van der Waals surface area contributed by atoms with Crippen molar-refractivity contribution in [2.24, 2.45) is 5.92 Å². The molecule has 150 valence electrons. The second kappa shape index (κ2) is 9.62. The van der Waals surface area contributed by atoms with Gasteiger partial charge < -0.3 is 20.1 Å². The molecular formula is C21H32N2O4. The third kappa shape index (κ3) is 7.49. The molecule has 0 aromatic heterocycles. The SMILES string of the molecule is CC(C)(C)OC(=O)N1CCCC(CCNC(=O)CCc2ccccc2O)C1. The van der Waals surface area contributed by atoms with Crippen LogP contribution < -0.4 is 5.32 Å². The van der Waals surface area contributed by atoms with E-state index in [0.29, 0.717) is 31.8 Å². The summed E-state index contributed by atoms with van der Waals surface area (Å²) in [6.07, 6.45) is 3.50. The molecule has 2 N–H and O–H groups in total. The van der Waals surface area contributed by atoms with Gasteiger partial charge in [0.2, 0.25) is 5.91 Å². The molecule has 0 radical (unpaired) electrons. The van der Waals surface area contributed by atoms with Crippen molar-refractivity contribution in [3.63, 3.8) is 0 Å². The van der Waals surface area contributed by atoms with Crippen molar-refractivity contribution in [3.8, 4) is 5.75 Å². The van der Waals surface area contributed by atoms with E-state index >= 15 is 0 Å². The molecule has 1 aromatic carbocycles. The van der Waals surface area contributed by atoms with Gasteiger partial charge in [-0.1, -0.05) is 18.2 Å². The lowest BCUT2D eigenvalue weighted by atomic mass is 9.95. The number of para-hydroxylation sites is 1. The van der Waals surface area contributed by atoms with Crippen molar-refractivity contribution < 1.29 is 19.4 Å². The van der Waals surface area contributed by atoms with Crippen molar-refractivity contribution in [1.29, 1.82) is 0 Å². The van der Waals surface area contributed by atoms with Crippen molar-refractivity contribution in [3.05, 3.63) is 29.8 Å². The van der Waals surface area contributed by atoms with Crippen LogP contribution in [0.4, 0.5) is 4.79 Å². The predicted molar refractivity (Wildman–Crippen MR) is 105 cm³/mol. The number of phenolic OH excluding ortho intramolecular Hbond substituents is 1. The van der Waals surface area contributed by atoms with Crippen LogP contribution in [-0.2, 0) is 16.0 Å². The zero-order valence-electron chi connectivity index (χ0n) is 16.7. The molecule has 6 heteroatoms. The first-order valence-corrected chi connectivity index (χ1v) is 9.76. The molecule has 1 aliphatic heterocycles. The minimum absolute atomic E-state index is 0.0157. The summed E-state index contributed by atoms with van der Waals surface area (Å²) < 4.78 is 5.45. The molecule has 1 unspecified atom stereocenters. The maximum Gasteiger partial charge on any atom is 0.410 e. The molecule has 1 heterocycles. The summed E-state index contributed by atoms with van der Waals surface area (Å²) in [6, 6.07) is 7.08. The minimum Gasteiger partial charge on any atom is -0.508 e. The van der Waals surface area contributed by atoms with Gasteiger partial charge in [-0.15, -0.1) is 0 Å². The van der Waals surface area contributed by atoms with Gasteiger partial charge in [-0.25, -0.2) is 4.79 Å². The molecule has 27 heavy (non-hydrogen) atoms. The highest BCUT2D eigenvalue weighted by Gasteiger charge is 2.27. The van der Waals surface area contributed by atoms with E-state index in [1.165, 1.54) is 0 Å². The molecule has 6 nitrogen and oxygen atoms in total. The van der Waals surface area contributed by atoms with Gasteiger partial charge in [-0.05, 0) is 64.0 Å². The van der Waals surface area contributed by atoms with Gasteiger partial charge >= 0.3 is 6.09 Å². The minimum atomic E-state index is -0.481. The Balaban J connectivity index is 1.68. The lowest BCUT2D eigenvalue weighted by Gasteiger charge is -2.34. The number of hydrogen-bond acceptors (Lipinski definition) is 4. The van der Waals surface area contributed by atoms with Crippen LogP contribution in [0.2, 0.25) is 0 Å². The average Bonchev–Trinajstić information content (AvgIpc) is 2.60. The number of hydrogen-bond donors (Lipinski definition) is 2. The summed E-state index contributed by atoms with van der Waals surface area (Å²) in [5.41, 5.74) is 0.304. The van der Waals surface area contributed by atoms with Crippen LogP contribution in [0.25, 0.3) is 0 Å². The third-order valence-electron chi connectivity index (χ3n) is 4.66. The number of carbonyl (C=O) groups excluding carboxylic acids is 2. The van der Waals surface area contributed by atoms with Crippen LogP contribution in [0.15, 0.2) is 24.3 Å². The van der Waals surface area contributed by atoms with E-state index in [0.717, 1.165) is 31.4 Å². The Morgan fingerprint density at radius 3 is 2.74 bits per heavy atom. The number of aryl methyl sites for hydroxylation is 1. The zero-order valence-corrected chi connectivity index (χ0v) is 16.7. The van der Waals surface area contributed by atoms with Gasteiger partial charge in [0.1, 0.15) is 11.4 Å². The number of rotatable bonds is 6. The van der Waals surface area contributed by atoms with Gasteiger partial charge in [0.05, 0.1) is 0 Å². The number of piperidine rings is 1. The van der Waals surface area contributed by atoms with E-state index in [4.69, 9.17) is 4.74 Å². The van der Waals surface area contributed by atoms with Crippen molar-refractivity contribution in [2.75, 3.05) is 19.6 Å². The van der Waals surface area contributed by atoms with Gasteiger partial charge in [0.15, 0.2) is 0 Å². The maximum atomic E-state index is 12.2. The van der Waals surface area contributed by atoms with Gasteiger partial charge in [-0.3, -0.25) is 4.79 Å². The average molecular weight is 376 g/mol. The van der Waals surface area contributed by atoms with Crippen LogP contribution in [0, 0.1) is 5.92 Å². The summed E-state index contributed by atoms with van der Waals surface area (Å²) >= 11 is 0. The Hall–Kier alpha value is -2.24. The molecule has 0 aliphatic carbocycles. The number of nitrogens with one attached hydrogen (secondary N) is 1. The van der Waals surface area contributed by atoms with E-state index in [1.807, 2.05) is 32.9 Å². The second-order valence-corrected chi connectivity index (χ2v) is 8.20. The number of likely N-dealkylation sites (tertiary alicyclic amines) is 1. The number of benzene rings is 1. The Bertz CT molecular complexity index is 639. The number of nitrogens with zero attached hydrogens (tertiary/aromatic N) is 1. The maximum absolute atomic E-state index is 12.2. The monoisotopic (exact) mass is 376 g/mol. The number of ether oxygens (including phenoxy) is 1. The van der Waals surface area contributed by atoms with Gasteiger partial charge in [0, 0.05) is 26.1 Å². The smallest absolute Gasteiger partial charge is 0.410 e. The molecule has 1 atom stereocenters. The fraction of sp³-hybridized carbons (Fsp3) is 0.619. The van der Waals surface area contributed by atoms with E-state index in [2.05, 4.69) is 5.32 Å². The number of aromatic hydroxyl groups is 1. The first-order chi connectivity index (χ1) is 12.7. The summed E-state index contributed by atoms with van der Waals surface area (Å²) in [7, 11) is 0. The van der Waals surface area contributed by atoms with Crippen molar-refractivity contribution in [2.45, 2.75) is 58.5 Å². The second-order valence-electron chi connectivity index (χ2n) is 8.20. The lowest BCUT2D eigenvalue weighted by molar-refractivity contribution is -0.121. The van der Waals surface area contributed by atoms with E-state index in [9.17, 15) is 14.7 Å². The third-order valence-corrected chi connectivity index (χ3v) is 4.66. The first-order valence-electron chi connectivity index (χ1n) is 9.76. The number of carbonyl (C=O) groups is 2. The van der Waals surface area contributed by atoms with Crippen LogP contribution >= 0.6 is 0 Å². The normalized spacial score (nSPS) is 17.4. The zero-order chi connectivity index (χ0) is 19.9. The van der Waals surface area contributed by atoms with Crippen LogP contribution in [0.1, 0.15) is 52.0 Å². The number of amides is 2. The summed E-state index contributed by atoms with van der Waals surface area (Å²) in [5.74, 6) is 0.595. The van der Waals surface area contributed by atoms with E-state index < -0.39 is 5.60 Å². The molecule has 0 bridgehead atoms. The fourth-order valence-electron chi connectivity index (χ4n) is 3.27. The molecular weight excluding hydrogens is 344 g/mol. The predicted octanol–water partition coefficient (Wildman–Crippen LogP) is 3.48. The van der Waals surface area contributed by atoms with Gasteiger partial charge in [0.25, 0.3) is 0 Å². The summed E-state index contributed by atoms with van der Waals surface area (Å²) in [6.45, 7) is 7.64. The highest BCUT2D eigenvalue weighted by molar-refractivity contribution is 5.76. The van der Waals surface area contributed by atoms with Crippen molar-refractivity contribution >= 4 is 12.0 Å². The topological polar surface area (TPSA) is 78.9 Å². The number of phenols is 1. The standard InChI is InChI=1S/C21H32N2O4/c1-21(2,3)27-20(26)23-14-6-7-16(15-23)12-13-22-19(25)11-10-17-8-4-5-9-18(17)24/h4-5,8-9,16,24H,6-7,10-15H2,1-3H3,(H,22,25). The molecule has 0 saturated carbocycles. The van der Waals surface area contributed by atoms with E-state index in [-0.39, 0.29) is 17.7 Å². The lowest BCUT2D eigenvalue weighted by Crippen LogP contribution is -2.43. The Morgan fingerprint density at radius 1 is 1.30 bits per heavy atom. The van der Waals surface area contributed by atoms with Crippen LogP contribution in [-0.4, -0.2) is 47.2 Å². The van der Waals surface area contributed by atoms with Crippen LogP contribution in [0.5, 0.6) is 5.75 Å². The first kappa shape index (κ1) is 21.1. The van der Waals surface area contributed by atoms with Crippen molar-refractivity contribution in [1.82, 2.24) is 10.2 Å².